The molecule has 0 radical (unpaired) electrons. The Morgan fingerprint density at radius 2 is 1.44 bits per heavy atom. The molecule has 3 aromatic carbocycles. The normalized spacial score (nSPS) is 19.4. The summed E-state index contributed by atoms with van der Waals surface area (Å²) in [6, 6.07) is 26.8. The van der Waals surface area contributed by atoms with E-state index >= 15 is 0 Å². The monoisotopic (exact) mass is 418 g/mol. The fraction of sp³-hybridized carbons (Fsp3) is 0.312. The molecule has 0 nitrogen and oxygen atoms in total. The number of allylic oxidation sites excluding steroid dienone is 4. The topological polar surface area (TPSA) is 0 Å². The molecule has 0 heterocycles. The quantitative estimate of drug-likeness (QED) is 0.387. The Hall–Kier alpha value is -2.86. The Kier molecular flexibility index (Phi) is 5.41. The van der Waals surface area contributed by atoms with Crippen LogP contribution in [0.25, 0.3) is 22.3 Å². The molecule has 0 saturated heterocycles. The van der Waals surface area contributed by atoms with Crippen LogP contribution >= 0.6 is 0 Å². The van der Waals surface area contributed by atoms with Crippen molar-refractivity contribution in [1.82, 2.24) is 0 Å². The van der Waals surface area contributed by atoms with E-state index in [2.05, 4.69) is 113 Å². The average molecular weight is 419 g/mol. The van der Waals surface area contributed by atoms with E-state index in [1.807, 2.05) is 0 Å². The van der Waals surface area contributed by atoms with Gasteiger partial charge in [-0.15, -0.1) is 0 Å². The zero-order valence-electron chi connectivity index (χ0n) is 19.9. The number of hydrogen-bond acceptors (Lipinski definition) is 0. The van der Waals surface area contributed by atoms with Crippen molar-refractivity contribution < 1.29 is 0 Å². The van der Waals surface area contributed by atoms with Crippen LogP contribution in [-0.4, -0.2) is 0 Å². The maximum absolute atomic E-state index is 2.48. The summed E-state index contributed by atoms with van der Waals surface area (Å²) in [6.07, 6.45) is 8.59. The summed E-state index contributed by atoms with van der Waals surface area (Å²) >= 11 is 0. The van der Waals surface area contributed by atoms with Gasteiger partial charge in [0.1, 0.15) is 0 Å². The second-order valence-electron chi connectivity index (χ2n) is 10.5. The molecular weight excluding hydrogens is 384 g/mol. The second kappa shape index (κ2) is 8.24. The fourth-order valence-electron chi connectivity index (χ4n) is 5.56. The molecule has 0 aliphatic heterocycles. The lowest BCUT2D eigenvalue weighted by molar-refractivity contribution is 0.516. The van der Waals surface area contributed by atoms with Crippen molar-refractivity contribution in [2.75, 3.05) is 0 Å². The molecule has 2 unspecified atom stereocenters. The summed E-state index contributed by atoms with van der Waals surface area (Å²) in [7, 11) is 0. The molecule has 0 spiro atoms. The molecule has 2 aliphatic rings. The van der Waals surface area contributed by atoms with Crippen LogP contribution in [0.5, 0.6) is 0 Å². The van der Waals surface area contributed by atoms with Gasteiger partial charge < -0.3 is 0 Å². The molecule has 2 aliphatic carbocycles. The Morgan fingerprint density at radius 3 is 2.19 bits per heavy atom. The smallest absolute Gasteiger partial charge is 0.0102 e. The largest absolute Gasteiger partial charge is 0.0739 e. The van der Waals surface area contributed by atoms with E-state index in [1.165, 1.54) is 58.2 Å². The minimum atomic E-state index is 0.243. The molecule has 162 valence electrons. The lowest BCUT2D eigenvalue weighted by atomic mass is 9.87. The minimum absolute atomic E-state index is 0.243. The number of fused-ring (bicyclic) bond motifs is 3. The molecule has 0 bridgehead atoms. The van der Waals surface area contributed by atoms with E-state index in [9.17, 15) is 0 Å². The van der Waals surface area contributed by atoms with Gasteiger partial charge in [0.15, 0.2) is 0 Å². The van der Waals surface area contributed by atoms with Crippen LogP contribution < -0.4 is 0 Å². The van der Waals surface area contributed by atoms with Crippen LogP contribution in [0.3, 0.4) is 0 Å². The summed E-state index contributed by atoms with van der Waals surface area (Å²) in [6.45, 7) is 9.32. The number of benzene rings is 3. The van der Waals surface area contributed by atoms with Crippen molar-refractivity contribution in [3.8, 4) is 22.3 Å². The van der Waals surface area contributed by atoms with Gasteiger partial charge in [-0.1, -0.05) is 118 Å². The predicted octanol–water partition coefficient (Wildman–Crippen LogP) is 9.18. The minimum Gasteiger partial charge on any atom is -0.0739 e. The number of rotatable bonds is 5. The van der Waals surface area contributed by atoms with Crippen LogP contribution in [0.2, 0.25) is 0 Å². The maximum atomic E-state index is 2.48. The van der Waals surface area contributed by atoms with E-state index in [1.54, 1.807) is 5.57 Å². The van der Waals surface area contributed by atoms with E-state index in [4.69, 9.17) is 0 Å². The maximum Gasteiger partial charge on any atom is 0.0102 e. The third-order valence-electron chi connectivity index (χ3n) is 7.34. The molecule has 5 rings (SSSR count). The zero-order valence-corrected chi connectivity index (χ0v) is 19.9. The van der Waals surface area contributed by atoms with Crippen LogP contribution in [0, 0.1) is 11.3 Å². The number of hydrogen-bond donors (Lipinski definition) is 0. The summed E-state index contributed by atoms with van der Waals surface area (Å²) < 4.78 is 0. The average Bonchev–Trinajstić information content (AvgIpc) is 3.33. The molecule has 32 heavy (non-hydrogen) atoms. The van der Waals surface area contributed by atoms with E-state index in [0.29, 0.717) is 11.8 Å². The van der Waals surface area contributed by atoms with Crippen molar-refractivity contribution in [2.24, 2.45) is 11.3 Å². The van der Waals surface area contributed by atoms with Crippen molar-refractivity contribution in [2.45, 2.75) is 52.9 Å². The van der Waals surface area contributed by atoms with Gasteiger partial charge in [-0.25, -0.2) is 0 Å². The highest BCUT2D eigenvalue weighted by Gasteiger charge is 2.30. The molecule has 0 aromatic heterocycles. The molecule has 0 heteroatoms. The van der Waals surface area contributed by atoms with Gasteiger partial charge in [0.25, 0.3) is 0 Å². The van der Waals surface area contributed by atoms with Gasteiger partial charge in [-0.2, -0.15) is 0 Å². The fourth-order valence-corrected chi connectivity index (χ4v) is 5.56. The molecular formula is C32H34. The molecule has 0 amide bonds. The van der Waals surface area contributed by atoms with Crippen molar-refractivity contribution in [1.29, 1.82) is 0 Å². The van der Waals surface area contributed by atoms with Gasteiger partial charge >= 0.3 is 0 Å². The first-order valence-electron chi connectivity index (χ1n) is 12.1. The van der Waals surface area contributed by atoms with Crippen LogP contribution in [0.15, 0.2) is 96.1 Å². The van der Waals surface area contributed by atoms with E-state index < -0.39 is 0 Å². The van der Waals surface area contributed by atoms with Crippen molar-refractivity contribution >= 4 is 0 Å². The molecule has 2 atom stereocenters. The molecule has 3 aromatic rings. The third-order valence-corrected chi connectivity index (χ3v) is 7.34. The predicted molar refractivity (Wildman–Crippen MR) is 138 cm³/mol. The van der Waals surface area contributed by atoms with Crippen LogP contribution in [0.1, 0.15) is 64.0 Å². The highest BCUT2D eigenvalue weighted by atomic mass is 14.3. The van der Waals surface area contributed by atoms with Gasteiger partial charge in [0.2, 0.25) is 0 Å². The molecule has 0 fully saturated rings. The molecule has 0 N–H and O–H groups in total. The Morgan fingerprint density at radius 1 is 0.750 bits per heavy atom. The van der Waals surface area contributed by atoms with E-state index in [-0.39, 0.29) is 5.41 Å². The van der Waals surface area contributed by atoms with E-state index in [0.717, 1.165) is 0 Å². The standard InChI is InChI=1S/C32H34/c1-22-20-25(32(2,3)4)21-24(22)14-10-18-28-27-15-8-9-16-29(27)31-26(17-11-19-30(28)31)23-12-6-5-7-13-23/h5-9,11-13,15-17,19-22,28H,10,14,18H2,1-4H3. The summed E-state index contributed by atoms with van der Waals surface area (Å²) in [5.74, 6) is 1.08. The van der Waals surface area contributed by atoms with Gasteiger partial charge in [0, 0.05) is 5.92 Å². The first-order chi connectivity index (χ1) is 15.4. The van der Waals surface area contributed by atoms with Crippen molar-refractivity contribution in [3.63, 3.8) is 0 Å². The summed E-state index contributed by atoms with van der Waals surface area (Å²) in [5.41, 5.74) is 11.9. The first-order valence-corrected chi connectivity index (χ1v) is 12.1. The summed E-state index contributed by atoms with van der Waals surface area (Å²) in [4.78, 5) is 0. The van der Waals surface area contributed by atoms with Crippen molar-refractivity contribution in [3.05, 3.63) is 107 Å². The van der Waals surface area contributed by atoms with Crippen LogP contribution in [0.4, 0.5) is 0 Å². The Bertz CT molecular complexity index is 1180. The SMILES string of the molecule is CC1C=C(C(C)(C)C)C=C1CCCC1c2ccccc2-c2c(-c3ccccc3)cccc21. The van der Waals surface area contributed by atoms with Gasteiger partial charge in [-0.3, -0.25) is 0 Å². The Labute approximate surface area is 193 Å². The Balaban J connectivity index is 1.42. The van der Waals surface area contributed by atoms with Gasteiger partial charge in [0.05, 0.1) is 0 Å². The highest BCUT2D eigenvalue weighted by Crippen LogP contribution is 2.51. The lowest BCUT2D eigenvalue weighted by Crippen LogP contribution is -2.06. The second-order valence-corrected chi connectivity index (χ2v) is 10.5. The van der Waals surface area contributed by atoms with Gasteiger partial charge in [-0.05, 0) is 69.5 Å². The third kappa shape index (κ3) is 3.77. The molecule has 0 saturated carbocycles. The lowest BCUT2D eigenvalue weighted by Gasteiger charge is -2.18. The van der Waals surface area contributed by atoms with Crippen LogP contribution in [-0.2, 0) is 0 Å². The first kappa shape index (κ1) is 21.0. The zero-order chi connectivity index (χ0) is 22.3. The summed E-state index contributed by atoms with van der Waals surface area (Å²) in [5, 5.41) is 0. The highest BCUT2D eigenvalue weighted by molar-refractivity contribution is 5.91.